The molecule has 1 unspecified atom stereocenters. The standard InChI is InChI=1S/C25H25ClN2O5S/c1-15(2)23(25(30)31)27-24(29)18-9-7-17(8-10-18)19-5-4-6-20(14-19)28-34(32,33)21-11-12-22(26)16(3)13-21/h4-15,23,28H,1-3H3,(H,27,29)(H,30,31). The number of aryl methyl sites for hydroxylation is 1. The summed E-state index contributed by atoms with van der Waals surface area (Å²) in [6.45, 7) is 5.17. The van der Waals surface area contributed by atoms with E-state index in [0.717, 1.165) is 11.1 Å². The summed E-state index contributed by atoms with van der Waals surface area (Å²) in [4.78, 5) is 23.9. The third kappa shape index (κ3) is 5.95. The topological polar surface area (TPSA) is 113 Å². The van der Waals surface area contributed by atoms with E-state index in [1.54, 1.807) is 69.3 Å². The van der Waals surface area contributed by atoms with Crippen LogP contribution < -0.4 is 10.0 Å². The van der Waals surface area contributed by atoms with Crippen LogP contribution in [0.15, 0.2) is 71.6 Å². The zero-order valence-corrected chi connectivity index (χ0v) is 20.4. The minimum Gasteiger partial charge on any atom is -0.480 e. The molecule has 0 aliphatic rings. The van der Waals surface area contributed by atoms with Gasteiger partial charge in [0.05, 0.1) is 4.90 Å². The van der Waals surface area contributed by atoms with Gasteiger partial charge in [0.1, 0.15) is 6.04 Å². The summed E-state index contributed by atoms with van der Waals surface area (Å²) >= 11 is 6.00. The quantitative estimate of drug-likeness (QED) is 0.405. The van der Waals surface area contributed by atoms with Gasteiger partial charge in [0.2, 0.25) is 0 Å². The molecule has 0 heterocycles. The molecule has 1 atom stereocenters. The predicted molar refractivity (Wildman–Crippen MR) is 133 cm³/mol. The van der Waals surface area contributed by atoms with Crippen LogP contribution in [0.25, 0.3) is 11.1 Å². The maximum Gasteiger partial charge on any atom is 0.326 e. The second-order valence-corrected chi connectivity index (χ2v) is 10.3. The number of carboxylic acids is 1. The summed E-state index contributed by atoms with van der Waals surface area (Å²) in [6.07, 6.45) is 0. The fraction of sp³-hybridized carbons (Fsp3) is 0.200. The average Bonchev–Trinajstić information content (AvgIpc) is 2.78. The number of rotatable bonds is 8. The molecule has 0 aromatic heterocycles. The molecular weight excluding hydrogens is 476 g/mol. The van der Waals surface area contributed by atoms with Gasteiger partial charge in [-0.25, -0.2) is 13.2 Å². The smallest absolute Gasteiger partial charge is 0.326 e. The SMILES string of the molecule is Cc1cc(S(=O)(=O)Nc2cccc(-c3ccc(C(=O)NC(C(=O)O)C(C)C)cc3)c2)ccc1Cl. The van der Waals surface area contributed by atoms with Crippen molar-refractivity contribution in [2.45, 2.75) is 31.7 Å². The highest BCUT2D eigenvalue weighted by Crippen LogP contribution is 2.26. The molecule has 0 saturated heterocycles. The predicted octanol–water partition coefficient (Wildman–Crippen LogP) is 4.96. The van der Waals surface area contributed by atoms with Crippen molar-refractivity contribution in [2.75, 3.05) is 4.72 Å². The fourth-order valence-electron chi connectivity index (χ4n) is 3.31. The summed E-state index contributed by atoms with van der Waals surface area (Å²) < 4.78 is 28.1. The lowest BCUT2D eigenvalue weighted by atomic mass is 10.0. The molecule has 3 rings (SSSR count). The number of hydrogen-bond donors (Lipinski definition) is 3. The molecule has 178 valence electrons. The molecule has 9 heteroatoms. The van der Waals surface area contributed by atoms with Gasteiger partial charge in [0, 0.05) is 16.3 Å². The van der Waals surface area contributed by atoms with E-state index in [9.17, 15) is 23.1 Å². The van der Waals surface area contributed by atoms with Crippen molar-refractivity contribution >= 4 is 39.2 Å². The molecule has 1 amide bonds. The van der Waals surface area contributed by atoms with Crippen molar-refractivity contribution in [3.05, 3.63) is 82.9 Å². The number of carbonyl (C=O) groups excluding carboxylic acids is 1. The van der Waals surface area contributed by atoms with Gasteiger partial charge in [-0.05, 0) is 72.0 Å². The first-order valence-corrected chi connectivity index (χ1v) is 12.4. The molecule has 0 bridgehead atoms. The highest BCUT2D eigenvalue weighted by molar-refractivity contribution is 7.92. The van der Waals surface area contributed by atoms with E-state index in [4.69, 9.17) is 11.6 Å². The van der Waals surface area contributed by atoms with E-state index >= 15 is 0 Å². The Morgan fingerprint density at radius 1 is 0.941 bits per heavy atom. The first-order valence-electron chi connectivity index (χ1n) is 10.5. The van der Waals surface area contributed by atoms with Crippen LogP contribution >= 0.6 is 11.6 Å². The third-order valence-electron chi connectivity index (χ3n) is 5.25. The van der Waals surface area contributed by atoms with Gasteiger partial charge in [-0.2, -0.15) is 0 Å². The Labute approximate surface area is 203 Å². The third-order valence-corrected chi connectivity index (χ3v) is 7.06. The van der Waals surface area contributed by atoms with E-state index in [1.165, 1.54) is 12.1 Å². The van der Waals surface area contributed by atoms with Crippen LogP contribution in [0.5, 0.6) is 0 Å². The molecule has 34 heavy (non-hydrogen) atoms. The summed E-state index contributed by atoms with van der Waals surface area (Å²) in [7, 11) is -3.80. The Morgan fingerprint density at radius 2 is 1.62 bits per heavy atom. The Bertz CT molecular complexity index is 1320. The molecule has 0 spiro atoms. The van der Waals surface area contributed by atoms with Gasteiger partial charge in [-0.3, -0.25) is 9.52 Å². The van der Waals surface area contributed by atoms with Crippen LogP contribution in [0, 0.1) is 12.8 Å². The number of sulfonamides is 1. The zero-order chi connectivity index (χ0) is 25.0. The van der Waals surface area contributed by atoms with Crippen molar-refractivity contribution in [1.82, 2.24) is 5.32 Å². The molecule has 7 nitrogen and oxygen atoms in total. The molecule has 3 N–H and O–H groups in total. The zero-order valence-electron chi connectivity index (χ0n) is 18.9. The van der Waals surface area contributed by atoms with E-state index in [1.807, 2.05) is 6.07 Å². The van der Waals surface area contributed by atoms with Gasteiger partial charge in [-0.15, -0.1) is 0 Å². The molecule has 0 aliphatic heterocycles. The number of nitrogens with one attached hydrogen (secondary N) is 2. The van der Waals surface area contributed by atoms with Crippen LogP contribution in [-0.2, 0) is 14.8 Å². The molecular formula is C25H25ClN2O5S. The second kappa shape index (κ2) is 10.3. The molecule has 3 aromatic carbocycles. The van der Waals surface area contributed by atoms with E-state index in [2.05, 4.69) is 10.0 Å². The molecule has 0 aliphatic carbocycles. The number of hydrogen-bond acceptors (Lipinski definition) is 4. The highest BCUT2D eigenvalue weighted by Gasteiger charge is 2.24. The normalized spacial score (nSPS) is 12.3. The van der Waals surface area contributed by atoms with Crippen molar-refractivity contribution in [2.24, 2.45) is 5.92 Å². The van der Waals surface area contributed by atoms with Crippen LogP contribution in [0.3, 0.4) is 0 Å². The van der Waals surface area contributed by atoms with E-state index < -0.39 is 27.9 Å². The fourth-order valence-corrected chi connectivity index (χ4v) is 4.56. The first-order chi connectivity index (χ1) is 16.0. The minimum absolute atomic E-state index is 0.108. The van der Waals surface area contributed by atoms with Crippen molar-refractivity contribution in [3.63, 3.8) is 0 Å². The number of carbonyl (C=O) groups is 2. The van der Waals surface area contributed by atoms with Gasteiger partial charge >= 0.3 is 5.97 Å². The summed E-state index contributed by atoms with van der Waals surface area (Å²) in [5, 5.41) is 12.3. The number of halogens is 1. The Balaban J connectivity index is 1.78. The Kier molecular flexibility index (Phi) is 7.64. The van der Waals surface area contributed by atoms with Crippen LogP contribution in [-0.4, -0.2) is 31.4 Å². The number of carboxylic acid groups (broad SMARTS) is 1. The molecule has 0 saturated carbocycles. The Hall–Kier alpha value is -3.36. The lowest BCUT2D eigenvalue weighted by Crippen LogP contribution is -2.44. The number of anilines is 1. The largest absolute Gasteiger partial charge is 0.480 e. The van der Waals surface area contributed by atoms with Crippen molar-refractivity contribution in [1.29, 1.82) is 0 Å². The van der Waals surface area contributed by atoms with Gasteiger partial charge in [0.25, 0.3) is 15.9 Å². The van der Waals surface area contributed by atoms with Gasteiger partial charge in [0.15, 0.2) is 0 Å². The lowest BCUT2D eigenvalue weighted by Gasteiger charge is -2.18. The average molecular weight is 501 g/mol. The van der Waals surface area contributed by atoms with Gasteiger partial charge < -0.3 is 10.4 Å². The summed E-state index contributed by atoms with van der Waals surface area (Å²) in [5.74, 6) is -1.83. The maximum absolute atomic E-state index is 12.8. The van der Waals surface area contributed by atoms with Gasteiger partial charge in [-0.1, -0.05) is 49.7 Å². The van der Waals surface area contributed by atoms with Crippen LogP contribution in [0.4, 0.5) is 5.69 Å². The summed E-state index contributed by atoms with van der Waals surface area (Å²) in [6, 6.07) is 17.0. The lowest BCUT2D eigenvalue weighted by molar-refractivity contribution is -0.140. The Morgan fingerprint density at radius 3 is 2.21 bits per heavy atom. The highest BCUT2D eigenvalue weighted by atomic mass is 35.5. The monoisotopic (exact) mass is 500 g/mol. The number of amides is 1. The summed E-state index contributed by atoms with van der Waals surface area (Å²) in [5.41, 5.74) is 2.87. The molecule has 0 fully saturated rings. The van der Waals surface area contributed by atoms with Crippen molar-refractivity contribution in [3.8, 4) is 11.1 Å². The number of aliphatic carboxylic acids is 1. The molecule has 0 radical (unpaired) electrons. The number of benzene rings is 3. The minimum atomic E-state index is -3.80. The van der Waals surface area contributed by atoms with E-state index in [0.29, 0.717) is 21.8 Å². The maximum atomic E-state index is 12.8. The van der Waals surface area contributed by atoms with Crippen molar-refractivity contribution < 1.29 is 23.1 Å². The first kappa shape index (κ1) is 25.3. The molecule has 3 aromatic rings. The van der Waals surface area contributed by atoms with Crippen LogP contribution in [0.1, 0.15) is 29.8 Å². The van der Waals surface area contributed by atoms with Crippen LogP contribution in [0.2, 0.25) is 5.02 Å². The van der Waals surface area contributed by atoms with E-state index in [-0.39, 0.29) is 10.8 Å². The second-order valence-electron chi connectivity index (χ2n) is 8.21.